The van der Waals surface area contributed by atoms with Gasteiger partial charge in [0.2, 0.25) is 0 Å². The molecule has 2 nitrogen and oxygen atoms in total. The Hall–Kier alpha value is -0.510. The second-order valence-corrected chi connectivity index (χ2v) is 2.90. The summed E-state index contributed by atoms with van der Waals surface area (Å²) in [6.45, 7) is -0.714. The van der Waals surface area contributed by atoms with Crippen molar-refractivity contribution in [1.82, 2.24) is 0 Å². The van der Waals surface area contributed by atoms with Gasteiger partial charge in [-0.1, -0.05) is 11.6 Å². The Kier molecular flexibility index (Phi) is 5.06. The van der Waals surface area contributed by atoms with Crippen LogP contribution in [0.4, 0.5) is 4.39 Å². The molecule has 3 N–H and O–H groups in total. The number of phenolic OH excluding ortho intramolecular Hbond substituents is 1. The van der Waals surface area contributed by atoms with Crippen LogP contribution in [0, 0.1) is 0 Å². The lowest BCUT2D eigenvalue weighted by atomic mass is 10.1. The predicted molar refractivity (Wildman–Crippen MR) is 53.3 cm³/mol. The van der Waals surface area contributed by atoms with Crippen molar-refractivity contribution in [2.45, 2.75) is 6.04 Å². The van der Waals surface area contributed by atoms with Crippen molar-refractivity contribution in [2.24, 2.45) is 5.73 Å². The zero-order valence-corrected chi connectivity index (χ0v) is 8.28. The Labute approximate surface area is 86.9 Å². The van der Waals surface area contributed by atoms with Gasteiger partial charge in [0.1, 0.15) is 12.4 Å². The van der Waals surface area contributed by atoms with E-state index in [4.69, 9.17) is 17.3 Å². The van der Waals surface area contributed by atoms with Gasteiger partial charge in [-0.2, -0.15) is 0 Å². The van der Waals surface area contributed by atoms with Crippen molar-refractivity contribution in [3.8, 4) is 5.75 Å². The van der Waals surface area contributed by atoms with Crippen molar-refractivity contribution in [3.05, 3.63) is 28.8 Å². The summed E-state index contributed by atoms with van der Waals surface area (Å²) >= 11 is 5.63. The van der Waals surface area contributed by atoms with Crippen LogP contribution in [0.5, 0.6) is 5.75 Å². The number of phenols is 1. The molecule has 0 heterocycles. The zero-order chi connectivity index (χ0) is 9.14. The van der Waals surface area contributed by atoms with Crippen molar-refractivity contribution in [1.29, 1.82) is 0 Å². The van der Waals surface area contributed by atoms with Gasteiger partial charge >= 0.3 is 0 Å². The molecule has 74 valence electrons. The molecule has 0 amide bonds. The number of rotatable bonds is 2. The summed E-state index contributed by atoms with van der Waals surface area (Å²) in [6.07, 6.45) is 0. The van der Waals surface area contributed by atoms with E-state index in [1.165, 1.54) is 18.2 Å². The van der Waals surface area contributed by atoms with Crippen LogP contribution >= 0.6 is 24.0 Å². The zero-order valence-electron chi connectivity index (χ0n) is 6.71. The Balaban J connectivity index is 0.00000144. The van der Waals surface area contributed by atoms with Crippen LogP contribution in [-0.2, 0) is 0 Å². The lowest BCUT2D eigenvalue weighted by Crippen LogP contribution is -2.12. The van der Waals surface area contributed by atoms with Crippen molar-refractivity contribution < 1.29 is 9.50 Å². The number of halogens is 3. The van der Waals surface area contributed by atoms with E-state index < -0.39 is 12.7 Å². The SMILES string of the molecule is Cl.N[C@H](CF)c1cc(Cl)ccc1O. The molecular formula is C8H10Cl2FNO. The molecule has 1 aromatic rings. The highest BCUT2D eigenvalue weighted by Gasteiger charge is 2.10. The van der Waals surface area contributed by atoms with E-state index in [0.717, 1.165) is 0 Å². The summed E-state index contributed by atoms with van der Waals surface area (Å²) in [5.41, 5.74) is 5.71. The monoisotopic (exact) mass is 225 g/mol. The Morgan fingerprint density at radius 3 is 2.69 bits per heavy atom. The van der Waals surface area contributed by atoms with Crippen molar-refractivity contribution in [2.75, 3.05) is 6.67 Å². The van der Waals surface area contributed by atoms with Gasteiger partial charge in [0, 0.05) is 10.6 Å². The third-order valence-corrected chi connectivity index (χ3v) is 1.79. The number of aromatic hydroxyl groups is 1. The van der Waals surface area contributed by atoms with Crippen LogP contribution in [0.1, 0.15) is 11.6 Å². The minimum absolute atomic E-state index is 0. The number of hydrogen-bond acceptors (Lipinski definition) is 2. The highest BCUT2D eigenvalue weighted by Crippen LogP contribution is 2.26. The molecule has 0 aliphatic rings. The molecule has 0 saturated heterocycles. The summed E-state index contributed by atoms with van der Waals surface area (Å²) in [6, 6.07) is 3.57. The smallest absolute Gasteiger partial charge is 0.120 e. The van der Waals surface area contributed by atoms with Crippen molar-refractivity contribution in [3.63, 3.8) is 0 Å². The Bertz CT molecular complexity index is 283. The number of alkyl halides is 1. The van der Waals surface area contributed by atoms with E-state index in [0.29, 0.717) is 10.6 Å². The molecule has 0 unspecified atom stereocenters. The second kappa shape index (κ2) is 5.27. The summed E-state index contributed by atoms with van der Waals surface area (Å²) < 4.78 is 12.1. The number of benzene rings is 1. The number of nitrogens with two attached hydrogens (primary N) is 1. The molecule has 0 saturated carbocycles. The summed E-state index contributed by atoms with van der Waals surface area (Å²) in [7, 11) is 0. The first-order valence-corrected chi connectivity index (χ1v) is 3.83. The molecule has 0 bridgehead atoms. The van der Waals surface area contributed by atoms with E-state index in [2.05, 4.69) is 0 Å². The van der Waals surface area contributed by atoms with Gasteiger partial charge in [-0.15, -0.1) is 12.4 Å². The van der Waals surface area contributed by atoms with E-state index in [-0.39, 0.29) is 18.2 Å². The maximum atomic E-state index is 12.1. The van der Waals surface area contributed by atoms with E-state index in [1.54, 1.807) is 0 Å². The predicted octanol–water partition coefficient (Wildman–Crippen LogP) is 2.44. The Morgan fingerprint density at radius 2 is 2.15 bits per heavy atom. The molecule has 5 heteroatoms. The molecule has 0 spiro atoms. The average molecular weight is 226 g/mol. The molecule has 0 aliphatic carbocycles. The van der Waals surface area contributed by atoms with E-state index >= 15 is 0 Å². The Morgan fingerprint density at radius 1 is 1.54 bits per heavy atom. The third-order valence-electron chi connectivity index (χ3n) is 1.56. The van der Waals surface area contributed by atoms with Gasteiger partial charge in [0.05, 0.1) is 6.04 Å². The maximum Gasteiger partial charge on any atom is 0.120 e. The largest absolute Gasteiger partial charge is 0.508 e. The molecule has 1 atom stereocenters. The first-order chi connectivity index (χ1) is 5.65. The van der Waals surface area contributed by atoms with Crippen LogP contribution in [0.2, 0.25) is 5.02 Å². The summed E-state index contributed by atoms with van der Waals surface area (Å²) in [5, 5.41) is 9.67. The van der Waals surface area contributed by atoms with Crippen LogP contribution in [-0.4, -0.2) is 11.8 Å². The minimum Gasteiger partial charge on any atom is -0.508 e. The lowest BCUT2D eigenvalue weighted by molar-refractivity contribution is 0.414. The van der Waals surface area contributed by atoms with Crippen LogP contribution in [0.15, 0.2) is 18.2 Å². The third kappa shape index (κ3) is 3.03. The molecular weight excluding hydrogens is 216 g/mol. The molecule has 0 aliphatic heterocycles. The first-order valence-electron chi connectivity index (χ1n) is 3.45. The second-order valence-electron chi connectivity index (χ2n) is 2.46. The van der Waals surface area contributed by atoms with Crippen molar-refractivity contribution >= 4 is 24.0 Å². The highest BCUT2D eigenvalue weighted by atomic mass is 35.5. The van der Waals surface area contributed by atoms with Gasteiger partial charge in [-0.3, -0.25) is 0 Å². The maximum absolute atomic E-state index is 12.1. The average Bonchev–Trinajstić information content (AvgIpc) is 2.08. The standard InChI is InChI=1S/C8H9ClFNO.ClH/c9-5-1-2-8(12)6(3-5)7(11)4-10;/h1-3,7,12H,4,11H2;1H/t7-;/m1./s1. The van der Waals surface area contributed by atoms with E-state index in [9.17, 15) is 9.50 Å². The van der Waals surface area contributed by atoms with E-state index in [1.807, 2.05) is 0 Å². The minimum atomic E-state index is -0.802. The van der Waals surface area contributed by atoms with Crippen LogP contribution in [0.25, 0.3) is 0 Å². The molecule has 1 aromatic carbocycles. The topological polar surface area (TPSA) is 46.2 Å². The molecule has 0 radical (unpaired) electrons. The first kappa shape index (κ1) is 12.5. The molecule has 1 rings (SSSR count). The fourth-order valence-corrected chi connectivity index (χ4v) is 1.09. The van der Waals surface area contributed by atoms with Gasteiger partial charge in [0.15, 0.2) is 0 Å². The fourth-order valence-electron chi connectivity index (χ4n) is 0.905. The fraction of sp³-hybridized carbons (Fsp3) is 0.250. The normalized spacial score (nSPS) is 11.9. The van der Waals surface area contributed by atoms with Crippen LogP contribution < -0.4 is 5.73 Å². The summed E-state index contributed by atoms with van der Waals surface area (Å²) in [5.74, 6) is -0.0236. The van der Waals surface area contributed by atoms with Gasteiger partial charge in [-0.25, -0.2) is 4.39 Å². The van der Waals surface area contributed by atoms with Gasteiger partial charge < -0.3 is 10.8 Å². The molecule has 13 heavy (non-hydrogen) atoms. The quantitative estimate of drug-likeness (QED) is 0.813. The highest BCUT2D eigenvalue weighted by molar-refractivity contribution is 6.30. The molecule has 0 aromatic heterocycles. The summed E-state index contributed by atoms with van der Waals surface area (Å²) in [4.78, 5) is 0. The number of hydrogen-bond donors (Lipinski definition) is 2. The molecule has 0 fully saturated rings. The van der Waals surface area contributed by atoms with Gasteiger partial charge in [-0.05, 0) is 18.2 Å². The lowest BCUT2D eigenvalue weighted by Gasteiger charge is -2.09. The van der Waals surface area contributed by atoms with Gasteiger partial charge in [0.25, 0.3) is 0 Å². The van der Waals surface area contributed by atoms with Crippen LogP contribution in [0.3, 0.4) is 0 Å².